The Morgan fingerprint density at radius 1 is 1.05 bits per heavy atom. The summed E-state index contributed by atoms with van der Waals surface area (Å²) in [5.41, 5.74) is 8.81. The Hall–Kier alpha value is -1.91. The number of hydrogen-bond donors (Lipinski definition) is 2. The van der Waals surface area contributed by atoms with Gasteiger partial charge >= 0.3 is 0 Å². The van der Waals surface area contributed by atoms with Crippen LogP contribution in [0.15, 0.2) is 48.5 Å². The van der Waals surface area contributed by atoms with Crippen molar-refractivity contribution in [3.05, 3.63) is 65.5 Å². The summed E-state index contributed by atoms with van der Waals surface area (Å²) in [7, 11) is 0. The van der Waals surface area contributed by atoms with Crippen molar-refractivity contribution in [2.24, 2.45) is 0 Å². The lowest BCUT2D eigenvalue weighted by molar-refractivity contribution is 0.121. The Kier molecular flexibility index (Phi) is 4.14. The number of para-hydroxylation sites is 1. The second kappa shape index (κ2) is 6.07. The fraction of sp³-hybridized carbons (Fsp3) is 0.333. The topological polar surface area (TPSA) is 41.3 Å². The molecule has 3 nitrogen and oxygen atoms in total. The Bertz CT molecular complexity index is 635. The molecule has 0 radical (unpaired) electrons. The molecule has 1 heterocycles. The predicted molar refractivity (Wildman–Crippen MR) is 88.2 cm³/mol. The van der Waals surface area contributed by atoms with E-state index in [-0.39, 0.29) is 11.4 Å². The lowest BCUT2D eigenvalue weighted by atomic mass is 9.81. The third-order valence-electron chi connectivity index (χ3n) is 4.64. The molecule has 0 amide bonds. The van der Waals surface area contributed by atoms with Gasteiger partial charge in [0.1, 0.15) is 5.82 Å². The fourth-order valence-corrected chi connectivity index (χ4v) is 3.34. The Labute approximate surface area is 130 Å². The van der Waals surface area contributed by atoms with Gasteiger partial charge in [-0.05, 0) is 36.2 Å². The summed E-state index contributed by atoms with van der Waals surface area (Å²) >= 11 is 0. The first-order chi connectivity index (χ1) is 10.6. The summed E-state index contributed by atoms with van der Waals surface area (Å²) < 4.78 is 13.4. The molecule has 0 spiro atoms. The summed E-state index contributed by atoms with van der Waals surface area (Å²) in [6.45, 7) is 5.94. The van der Waals surface area contributed by atoms with Crippen LogP contribution in [0.25, 0.3) is 0 Å². The molecule has 2 aromatic rings. The van der Waals surface area contributed by atoms with Crippen molar-refractivity contribution in [2.75, 3.05) is 31.9 Å². The normalized spacial score (nSPS) is 18.8. The molecule has 4 heteroatoms. The van der Waals surface area contributed by atoms with E-state index < -0.39 is 0 Å². The molecule has 1 atom stereocenters. The monoisotopic (exact) mass is 299 g/mol. The third-order valence-corrected chi connectivity index (χ3v) is 4.64. The Morgan fingerprint density at radius 3 is 2.32 bits per heavy atom. The van der Waals surface area contributed by atoms with Crippen LogP contribution in [0, 0.1) is 5.82 Å². The van der Waals surface area contributed by atoms with Crippen LogP contribution in [-0.4, -0.2) is 31.1 Å². The molecule has 1 saturated heterocycles. The van der Waals surface area contributed by atoms with Gasteiger partial charge in [0.05, 0.1) is 5.54 Å². The van der Waals surface area contributed by atoms with Crippen LogP contribution in [0.5, 0.6) is 0 Å². The highest BCUT2D eigenvalue weighted by Crippen LogP contribution is 2.38. The molecule has 1 aliphatic rings. The minimum atomic E-state index is -0.360. The van der Waals surface area contributed by atoms with Gasteiger partial charge in [-0.1, -0.05) is 30.3 Å². The highest BCUT2D eigenvalue weighted by Gasteiger charge is 2.37. The van der Waals surface area contributed by atoms with Crippen LogP contribution in [0.3, 0.4) is 0 Å². The van der Waals surface area contributed by atoms with Crippen LogP contribution < -0.4 is 11.1 Å². The fourth-order valence-electron chi connectivity index (χ4n) is 3.34. The number of rotatable bonds is 3. The summed E-state index contributed by atoms with van der Waals surface area (Å²) in [6, 6.07) is 14.7. The molecule has 116 valence electrons. The number of benzene rings is 2. The SMILES string of the molecule is CC(c1ccc(F)cc1)(c1ccccc1N)N1CCNCC1. The van der Waals surface area contributed by atoms with Gasteiger partial charge in [0.15, 0.2) is 0 Å². The van der Waals surface area contributed by atoms with Crippen molar-refractivity contribution in [3.63, 3.8) is 0 Å². The largest absolute Gasteiger partial charge is 0.398 e. The maximum absolute atomic E-state index is 13.4. The van der Waals surface area contributed by atoms with Gasteiger partial charge in [0, 0.05) is 31.9 Å². The van der Waals surface area contributed by atoms with Crippen molar-refractivity contribution in [3.8, 4) is 0 Å². The molecule has 22 heavy (non-hydrogen) atoms. The van der Waals surface area contributed by atoms with E-state index in [9.17, 15) is 4.39 Å². The van der Waals surface area contributed by atoms with E-state index in [1.807, 2.05) is 30.3 Å². The van der Waals surface area contributed by atoms with Crippen LogP contribution in [0.4, 0.5) is 10.1 Å². The van der Waals surface area contributed by atoms with Crippen molar-refractivity contribution in [1.29, 1.82) is 0 Å². The van der Waals surface area contributed by atoms with Gasteiger partial charge in [-0.3, -0.25) is 4.90 Å². The first-order valence-corrected chi connectivity index (χ1v) is 7.69. The van der Waals surface area contributed by atoms with Crippen LogP contribution in [0.1, 0.15) is 18.1 Å². The van der Waals surface area contributed by atoms with Crippen LogP contribution in [-0.2, 0) is 5.54 Å². The third kappa shape index (κ3) is 2.60. The zero-order valence-electron chi connectivity index (χ0n) is 12.8. The van der Waals surface area contributed by atoms with Gasteiger partial charge in [-0.25, -0.2) is 4.39 Å². The minimum Gasteiger partial charge on any atom is -0.398 e. The molecule has 0 saturated carbocycles. The maximum Gasteiger partial charge on any atom is 0.123 e. The summed E-state index contributed by atoms with van der Waals surface area (Å²) in [6.07, 6.45) is 0. The zero-order valence-corrected chi connectivity index (χ0v) is 12.8. The number of hydrogen-bond acceptors (Lipinski definition) is 3. The van der Waals surface area contributed by atoms with E-state index in [0.29, 0.717) is 0 Å². The molecule has 1 unspecified atom stereocenters. The number of halogens is 1. The second-order valence-electron chi connectivity index (χ2n) is 5.90. The lowest BCUT2D eigenvalue weighted by Crippen LogP contribution is -2.53. The average Bonchev–Trinajstić information content (AvgIpc) is 2.56. The summed E-state index contributed by atoms with van der Waals surface area (Å²) in [4.78, 5) is 2.42. The lowest BCUT2D eigenvalue weighted by Gasteiger charge is -2.45. The molecule has 0 aliphatic carbocycles. The second-order valence-corrected chi connectivity index (χ2v) is 5.90. The zero-order chi connectivity index (χ0) is 15.6. The van der Waals surface area contributed by atoms with Gasteiger partial charge in [-0.15, -0.1) is 0 Å². The Balaban J connectivity index is 2.13. The minimum absolute atomic E-state index is 0.215. The van der Waals surface area contributed by atoms with E-state index in [1.54, 1.807) is 0 Å². The summed E-state index contributed by atoms with van der Waals surface area (Å²) in [5.74, 6) is -0.215. The first kappa shape index (κ1) is 15.0. The van der Waals surface area contributed by atoms with Gasteiger partial charge in [0.2, 0.25) is 0 Å². The number of nitrogens with one attached hydrogen (secondary N) is 1. The smallest absolute Gasteiger partial charge is 0.123 e. The highest BCUT2D eigenvalue weighted by atomic mass is 19.1. The molecule has 0 bridgehead atoms. The standard InChI is InChI=1S/C18H22FN3/c1-18(22-12-10-21-11-13-22,14-6-8-15(19)9-7-14)16-4-2-3-5-17(16)20/h2-9,21H,10-13,20H2,1H3. The molecular weight excluding hydrogens is 277 g/mol. The molecule has 1 fully saturated rings. The van der Waals surface area contributed by atoms with Crippen molar-refractivity contribution >= 4 is 5.69 Å². The molecule has 1 aliphatic heterocycles. The number of piperazine rings is 1. The van der Waals surface area contributed by atoms with Crippen molar-refractivity contribution in [1.82, 2.24) is 10.2 Å². The van der Waals surface area contributed by atoms with E-state index in [1.165, 1.54) is 12.1 Å². The van der Waals surface area contributed by atoms with Gasteiger partial charge < -0.3 is 11.1 Å². The quantitative estimate of drug-likeness (QED) is 0.856. The van der Waals surface area contributed by atoms with E-state index in [4.69, 9.17) is 5.73 Å². The molecule has 3 N–H and O–H groups in total. The van der Waals surface area contributed by atoms with Gasteiger partial charge in [0.25, 0.3) is 0 Å². The van der Waals surface area contributed by atoms with Gasteiger partial charge in [-0.2, -0.15) is 0 Å². The van der Waals surface area contributed by atoms with E-state index in [2.05, 4.69) is 23.2 Å². The van der Waals surface area contributed by atoms with E-state index >= 15 is 0 Å². The molecule has 0 aromatic heterocycles. The van der Waals surface area contributed by atoms with Crippen molar-refractivity contribution < 1.29 is 4.39 Å². The van der Waals surface area contributed by atoms with Crippen LogP contribution in [0.2, 0.25) is 0 Å². The number of anilines is 1. The highest BCUT2D eigenvalue weighted by molar-refractivity contribution is 5.54. The molecule has 2 aromatic carbocycles. The van der Waals surface area contributed by atoms with Crippen molar-refractivity contribution in [2.45, 2.75) is 12.5 Å². The first-order valence-electron chi connectivity index (χ1n) is 7.69. The average molecular weight is 299 g/mol. The summed E-state index contributed by atoms with van der Waals surface area (Å²) in [5, 5.41) is 3.38. The molecular formula is C18H22FN3. The predicted octanol–water partition coefficient (Wildman–Crippen LogP) is 2.58. The molecule has 3 rings (SSSR count). The number of nitrogen functional groups attached to an aromatic ring is 1. The number of nitrogens with zero attached hydrogens (tertiary/aromatic N) is 1. The Morgan fingerprint density at radius 2 is 1.68 bits per heavy atom. The van der Waals surface area contributed by atoms with Crippen LogP contribution >= 0.6 is 0 Å². The maximum atomic E-state index is 13.4. The number of nitrogens with two attached hydrogens (primary N) is 1. The van der Waals surface area contributed by atoms with E-state index in [0.717, 1.165) is 43.0 Å².